The highest BCUT2D eigenvalue weighted by Gasteiger charge is 2.21. The molecule has 1 N–H and O–H groups in total. The summed E-state index contributed by atoms with van der Waals surface area (Å²) < 4.78 is 0. The molecule has 1 aliphatic heterocycles. The predicted molar refractivity (Wildman–Crippen MR) is 80.6 cm³/mol. The normalized spacial score (nSPS) is 14.9. The van der Waals surface area contributed by atoms with E-state index in [9.17, 15) is 0 Å². The molecular formula is C16H20N4. The zero-order valence-electron chi connectivity index (χ0n) is 12.1. The number of benzene rings is 1. The van der Waals surface area contributed by atoms with E-state index in [1.54, 1.807) is 0 Å². The minimum atomic E-state index is 0.851. The average molecular weight is 268 g/mol. The second-order valence-corrected chi connectivity index (χ2v) is 5.24. The van der Waals surface area contributed by atoms with Gasteiger partial charge in [-0.1, -0.05) is 30.3 Å². The van der Waals surface area contributed by atoms with Crippen LogP contribution in [-0.2, 0) is 19.5 Å². The van der Waals surface area contributed by atoms with E-state index in [0.29, 0.717) is 0 Å². The van der Waals surface area contributed by atoms with Crippen molar-refractivity contribution in [3.63, 3.8) is 0 Å². The van der Waals surface area contributed by atoms with Crippen molar-refractivity contribution in [1.29, 1.82) is 0 Å². The average Bonchev–Trinajstić information content (AvgIpc) is 2.48. The van der Waals surface area contributed by atoms with Gasteiger partial charge in [-0.3, -0.25) is 4.90 Å². The van der Waals surface area contributed by atoms with Crippen molar-refractivity contribution in [1.82, 2.24) is 14.9 Å². The first-order valence-corrected chi connectivity index (χ1v) is 7.06. The van der Waals surface area contributed by atoms with Gasteiger partial charge in [-0.25, -0.2) is 9.97 Å². The number of hydrogen-bond donors (Lipinski definition) is 1. The summed E-state index contributed by atoms with van der Waals surface area (Å²) in [4.78, 5) is 11.5. The van der Waals surface area contributed by atoms with Gasteiger partial charge in [-0.2, -0.15) is 0 Å². The quantitative estimate of drug-likeness (QED) is 0.928. The maximum Gasteiger partial charge on any atom is 0.134 e. The predicted octanol–water partition coefficient (Wildman–Crippen LogP) is 2.39. The van der Waals surface area contributed by atoms with Crippen LogP contribution in [0.1, 0.15) is 22.6 Å². The molecule has 3 rings (SSSR count). The number of nitrogens with one attached hydrogen (secondary N) is 1. The Bertz CT molecular complexity index is 578. The molecule has 0 saturated heterocycles. The molecule has 104 valence electrons. The van der Waals surface area contributed by atoms with Crippen molar-refractivity contribution in [3.05, 3.63) is 53.0 Å². The molecule has 1 aromatic heterocycles. The van der Waals surface area contributed by atoms with Crippen LogP contribution in [0.5, 0.6) is 0 Å². The Kier molecular flexibility index (Phi) is 3.65. The van der Waals surface area contributed by atoms with Crippen LogP contribution in [0.3, 0.4) is 0 Å². The van der Waals surface area contributed by atoms with Gasteiger partial charge in [0.15, 0.2) is 0 Å². The first-order valence-electron chi connectivity index (χ1n) is 7.06. The van der Waals surface area contributed by atoms with Gasteiger partial charge < -0.3 is 5.32 Å². The number of anilines is 1. The summed E-state index contributed by atoms with van der Waals surface area (Å²) in [5.74, 6) is 1.83. The topological polar surface area (TPSA) is 41.1 Å². The fraction of sp³-hybridized carbons (Fsp3) is 0.375. The summed E-state index contributed by atoms with van der Waals surface area (Å²) in [6, 6.07) is 10.6. The summed E-state index contributed by atoms with van der Waals surface area (Å²) in [7, 11) is 1.93. The molecule has 0 fully saturated rings. The van der Waals surface area contributed by atoms with Crippen LogP contribution in [0.25, 0.3) is 0 Å². The lowest BCUT2D eigenvalue weighted by molar-refractivity contribution is 0.243. The molecule has 4 nitrogen and oxygen atoms in total. The summed E-state index contributed by atoms with van der Waals surface area (Å²) in [6.07, 6.45) is 1.00. The summed E-state index contributed by atoms with van der Waals surface area (Å²) in [5.41, 5.74) is 3.81. The van der Waals surface area contributed by atoms with Gasteiger partial charge in [0.2, 0.25) is 0 Å². The van der Waals surface area contributed by atoms with Gasteiger partial charge >= 0.3 is 0 Å². The van der Waals surface area contributed by atoms with Crippen molar-refractivity contribution >= 4 is 5.82 Å². The summed E-state index contributed by atoms with van der Waals surface area (Å²) in [5, 5.41) is 3.20. The van der Waals surface area contributed by atoms with Crippen molar-refractivity contribution in [2.24, 2.45) is 0 Å². The molecule has 1 aromatic carbocycles. The molecule has 0 amide bonds. The molecule has 0 saturated carbocycles. The molecule has 20 heavy (non-hydrogen) atoms. The largest absolute Gasteiger partial charge is 0.373 e. The molecule has 2 heterocycles. The Hall–Kier alpha value is -1.94. The van der Waals surface area contributed by atoms with E-state index in [1.807, 2.05) is 14.0 Å². The molecule has 0 bridgehead atoms. The smallest absolute Gasteiger partial charge is 0.134 e. The standard InChI is InChI=1S/C16H20N4/c1-12-18-15-8-9-20(10-13-6-4-3-5-7-13)11-14(15)16(17-2)19-12/h3-7H,8-11H2,1-2H3,(H,17,18,19). The van der Waals surface area contributed by atoms with Crippen LogP contribution < -0.4 is 5.32 Å². The Morgan fingerprint density at radius 1 is 1.20 bits per heavy atom. The Labute approximate surface area is 119 Å². The molecular weight excluding hydrogens is 248 g/mol. The summed E-state index contributed by atoms with van der Waals surface area (Å²) in [6.45, 7) is 4.91. The Morgan fingerprint density at radius 2 is 2.00 bits per heavy atom. The first kappa shape index (κ1) is 13.1. The second-order valence-electron chi connectivity index (χ2n) is 5.24. The van der Waals surface area contributed by atoms with E-state index < -0.39 is 0 Å². The van der Waals surface area contributed by atoms with E-state index in [4.69, 9.17) is 0 Å². The molecule has 0 atom stereocenters. The highest BCUT2D eigenvalue weighted by atomic mass is 15.1. The van der Waals surface area contributed by atoms with Gasteiger partial charge in [0.25, 0.3) is 0 Å². The Balaban J connectivity index is 1.81. The fourth-order valence-electron chi connectivity index (χ4n) is 2.78. The zero-order valence-corrected chi connectivity index (χ0v) is 12.1. The van der Waals surface area contributed by atoms with Crippen molar-refractivity contribution in [3.8, 4) is 0 Å². The number of aromatic nitrogens is 2. The molecule has 0 spiro atoms. The molecule has 0 radical (unpaired) electrons. The number of fused-ring (bicyclic) bond motifs is 1. The van der Waals surface area contributed by atoms with Crippen LogP contribution in [0, 0.1) is 6.92 Å². The van der Waals surface area contributed by atoms with E-state index in [2.05, 4.69) is 50.5 Å². The molecule has 0 unspecified atom stereocenters. The van der Waals surface area contributed by atoms with Gasteiger partial charge in [-0.15, -0.1) is 0 Å². The number of hydrogen-bond acceptors (Lipinski definition) is 4. The van der Waals surface area contributed by atoms with Crippen molar-refractivity contribution < 1.29 is 0 Å². The van der Waals surface area contributed by atoms with Crippen molar-refractivity contribution in [2.45, 2.75) is 26.4 Å². The minimum absolute atomic E-state index is 0.851. The SMILES string of the molecule is CNc1nc(C)nc2c1CN(Cc1ccccc1)CC2. The van der Waals surface area contributed by atoms with Gasteiger partial charge in [0, 0.05) is 38.7 Å². The highest BCUT2D eigenvalue weighted by Crippen LogP contribution is 2.24. The maximum absolute atomic E-state index is 4.59. The van der Waals surface area contributed by atoms with Crippen LogP contribution in [0.2, 0.25) is 0 Å². The van der Waals surface area contributed by atoms with Crippen molar-refractivity contribution in [2.75, 3.05) is 18.9 Å². The van der Waals surface area contributed by atoms with E-state index >= 15 is 0 Å². The second kappa shape index (κ2) is 5.59. The Morgan fingerprint density at radius 3 is 2.75 bits per heavy atom. The molecule has 0 aliphatic carbocycles. The third-order valence-corrected chi connectivity index (χ3v) is 3.74. The van der Waals surface area contributed by atoms with Crippen LogP contribution in [0.4, 0.5) is 5.82 Å². The number of rotatable bonds is 3. The van der Waals surface area contributed by atoms with Gasteiger partial charge in [-0.05, 0) is 12.5 Å². The number of nitrogens with zero attached hydrogens (tertiary/aromatic N) is 3. The lowest BCUT2D eigenvalue weighted by atomic mass is 10.0. The van der Waals surface area contributed by atoms with Gasteiger partial charge in [0.05, 0.1) is 5.69 Å². The van der Waals surface area contributed by atoms with E-state index in [-0.39, 0.29) is 0 Å². The minimum Gasteiger partial charge on any atom is -0.373 e. The molecule has 4 heteroatoms. The maximum atomic E-state index is 4.59. The van der Waals surface area contributed by atoms with Crippen LogP contribution >= 0.6 is 0 Å². The molecule has 1 aliphatic rings. The fourth-order valence-corrected chi connectivity index (χ4v) is 2.78. The monoisotopic (exact) mass is 268 g/mol. The zero-order chi connectivity index (χ0) is 13.9. The molecule has 2 aromatic rings. The lowest BCUT2D eigenvalue weighted by Gasteiger charge is -2.29. The third kappa shape index (κ3) is 2.65. The number of aryl methyl sites for hydroxylation is 1. The van der Waals surface area contributed by atoms with Crippen LogP contribution in [0.15, 0.2) is 30.3 Å². The first-order chi connectivity index (χ1) is 9.76. The highest BCUT2D eigenvalue weighted by molar-refractivity contribution is 5.47. The third-order valence-electron chi connectivity index (χ3n) is 3.74. The van der Waals surface area contributed by atoms with Crippen LogP contribution in [-0.4, -0.2) is 28.5 Å². The lowest BCUT2D eigenvalue weighted by Crippen LogP contribution is -2.31. The summed E-state index contributed by atoms with van der Waals surface area (Å²) >= 11 is 0. The van der Waals surface area contributed by atoms with Gasteiger partial charge in [0.1, 0.15) is 11.6 Å². The van der Waals surface area contributed by atoms with E-state index in [0.717, 1.165) is 37.7 Å². The van der Waals surface area contributed by atoms with E-state index in [1.165, 1.54) is 16.8 Å².